The third-order valence-corrected chi connectivity index (χ3v) is 8.27. The second-order valence-corrected chi connectivity index (χ2v) is 11.6. The van der Waals surface area contributed by atoms with E-state index in [1.54, 1.807) is 17.8 Å². The molecule has 3 aromatic carbocycles. The van der Waals surface area contributed by atoms with Crippen molar-refractivity contribution in [1.82, 2.24) is 5.32 Å². The second kappa shape index (κ2) is 15.1. The number of aliphatic carboxylic acids is 1. The van der Waals surface area contributed by atoms with Gasteiger partial charge in [-0.1, -0.05) is 62.2 Å². The molecule has 1 aliphatic heterocycles. The van der Waals surface area contributed by atoms with Crippen molar-refractivity contribution in [2.24, 2.45) is 0 Å². The summed E-state index contributed by atoms with van der Waals surface area (Å²) in [6.07, 6.45) is 7.02. The van der Waals surface area contributed by atoms with Gasteiger partial charge in [0.1, 0.15) is 11.8 Å². The smallest absolute Gasteiger partial charge is 0.326 e. The van der Waals surface area contributed by atoms with Crippen molar-refractivity contribution in [3.8, 4) is 16.9 Å². The Balaban J connectivity index is 1.58. The van der Waals surface area contributed by atoms with Crippen molar-refractivity contribution in [2.45, 2.75) is 71.1 Å². The zero-order valence-corrected chi connectivity index (χ0v) is 25.1. The summed E-state index contributed by atoms with van der Waals surface area (Å²) in [5.41, 5.74) is 6.52. The minimum absolute atomic E-state index is 0.0630. The number of aryl methyl sites for hydroxylation is 1. The number of carboxylic acids is 1. The highest BCUT2D eigenvalue weighted by Gasteiger charge is 2.23. The summed E-state index contributed by atoms with van der Waals surface area (Å²) < 4.78 is 12.3. The molecule has 0 saturated heterocycles. The average molecular weight is 576 g/mol. The first-order valence-electron chi connectivity index (χ1n) is 14.5. The molecule has 1 amide bonds. The molecule has 0 aromatic heterocycles. The van der Waals surface area contributed by atoms with Crippen molar-refractivity contribution in [2.75, 3.05) is 18.6 Å². The van der Waals surface area contributed by atoms with Gasteiger partial charge in [0.2, 0.25) is 0 Å². The summed E-state index contributed by atoms with van der Waals surface area (Å²) in [4.78, 5) is 25.3. The maximum absolute atomic E-state index is 13.4. The summed E-state index contributed by atoms with van der Waals surface area (Å²) in [5.74, 6) is 0.404. The summed E-state index contributed by atoms with van der Waals surface area (Å²) in [6, 6.07) is 19.1. The lowest BCUT2D eigenvalue weighted by Crippen LogP contribution is -2.41. The summed E-state index contributed by atoms with van der Waals surface area (Å²) >= 11 is 1.66. The second-order valence-electron chi connectivity index (χ2n) is 10.6. The van der Waals surface area contributed by atoms with Crippen molar-refractivity contribution < 1.29 is 24.2 Å². The molecule has 41 heavy (non-hydrogen) atoms. The summed E-state index contributed by atoms with van der Waals surface area (Å²) in [6.45, 7) is 5.31. The Hall–Kier alpha value is -3.29. The van der Waals surface area contributed by atoms with E-state index >= 15 is 0 Å². The minimum atomic E-state index is -1.02. The minimum Gasteiger partial charge on any atom is -0.493 e. The molecule has 0 saturated carbocycles. The first-order chi connectivity index (χ1) is 19.9. The summed E-state index contributed by atoms with van der Waals surface area (Å²) in [5, 5.41) is 12.5. The van der Waals surface area contributed by atoms with E-state index in [-0.39, 0.29) is 12.0 Å². The highest BCUT2D eigenvalue weighted by atomic mass is 32.2. The molecule has 4 rings (SSSR count). The van der Waals surface area contributed by atoms with Gasteiger partial charge in [0.15, 0.2) is 0 Å². The number of amides is 1. The van der Waals surface area contributed by atoms with Gasteiger partial charge in [0.05, 0.1) is 19.3 Å². The third-order valence-electron chi connectivity index (χ3n) is 7.57. The fraction of sp³-hybridized carbons (Fsp3) is 0.412. The zero-order valence-electron chi connectivity index (χ0n) is 24.3. The largest absolute Gasteiger partial charge is 0.493 e. The standard InChI is InChI=1S/C34H41NO5S/c1-4-5-12-31(26-15-14-25-17-18-39-32(25)21-26)40-22-24-13-16-28(29(20-24)27-10-7-6-9-23(27)2)33(36)35-30(34(37)38)11-8-19-41-3/h6-7,9-10,13-16,20-21,30-31H,4-5,8,11-12,17-19,22H2,1-3H3,(H,35,36)(H,37,38)/t30-,31?/m0/s1. The normalized spacial score (nSPS) is 13.7. The molecular formula is C34H41NO5S. The monoisotopic (exact) mass is 575 g/mol. The van der Waals surface area contributed by atoms with Crippen LogP contribution in [0.1, 0.15) is 77.7 Å². The molecule has 2 atom stereocenters. The van der Waals surface area contributed by atoms with E-state index in [1.165, 1.54) is 5.56 Å². The van der Waals surface area contributed by atoms with Gasteiger partial charge < -0.3 is 19.9 Å². The molecule has 0 bridgehead atoms. The van der Waals surface area contributed by atoms with Crippen LogP contribution in [0.15, 0.2) is 60.7 Å². The Morgan fingerprint density at radius 3 is 2.63 bits per heavy atom. The molecule has 2 N–H and O–H groups in total. The van der Waals surface area contributed by atoms with Crippen LogP contribution in [0.4, 0.5) is 0 Å². The van der Waals surface area contributed by atoms with Crippen LogP contribution in [0.5, 0.6) is 5.75 Å². The van der Waals surface area contributed by atoms with Crippen molar-refractivity contribution in [3.63, 3.8) is 0 Å². The van der Waals surface area contributed by atoms with Gasteiger partial charge in [0.25, 0.3) is 5.91 Å². The van der Waals surface area contributed by atoms with Gasteiger partial charge in [-0.3, -0.25) is 4.79 Å². The molecule has 1 unspecified atom stereocenters. The Morgan fingerprint density at radius 1 is 1.05 bits per heavy atom. The number of carbonyl (C=O) groups is 2. The molecule has 7 heteroatoms. The van der Waals surface area contributed by atoms with Crippen LogP contribution in [0.2, 0.25) is 0 Å². The maximum Gasteiger partial charge on any atom is 0.326 e. The molecular weight excluding hydrogens is 534 g/mol. The molecule has 3 aromatic rings. The molecule has 0 fully saturated rings. The van der Waals surface area contributed by atoms with Crippen LogP contribution in [-0.4, -0.2) is 41.6 Å². The third kappa shape index (κ3) is 8.14. The SMILES string of the molecule is CCCCC(OCc1ccc(C(=O)N[C@@H](CCCSC)C(=O)O)c(-c2ccccc2C)c1)c1ccc2c(c1)OCC2. The van der Waals surface area contributed by atoms with Gasteiger partial charge in [-0.2, -0.15) is 11.8 Å². The van der Waals surface area contributed by atoms with Crippen LogP contribution in [0, 0.1) is 6.92 Å². The first-order valence-corrected chi connectivity index (χ1v) is 15.9. The predicted octanol–water partition coefficient (Wildman–Crippen LogP) is 7.37. The Morgan fingerprint density at radius 2 is 1.88 bits per heavy atom. The highest BCUT2D eigenvalue weighted by Crippen LogP contribution is 2.34. The van der Waals surface area contributed by atoms with Crippen molar-refractivity contribution in [3.05, 3.63) is 88.5 Å². The van der Waals surface area contributed by atoms with Crippen LogP contribution >= 0.6 is 11.8 Å². The molecule has 6 nitrogen and oxygen atoms in total. The Bertz CT molecular complexity index is 1340. The number of ether oxygens (including phenoxy) is 2. The number of rotatable bonds is 15. The van der Waals surface area contributed by atoms with E-state index < -0.39 is 12.0 Å². The fourth-order valence-corrected chi connectivity index (χ4v) is 5.67. The molecule has 0 spiro atoms. The van der Waals surface area contributed by atoms with Gasteiger partial charge >= 0.3 is 5.97 Å². The number of hydrogen-bond donors (Lipinski definition) is 2. The number of hydrogen-bond acceptors (Lipinski definition) is 5. The highest BCUT2D eigenvalue weighted by molar-refractivity contribution is 7.98. The van der Waals surface area contributed by atoms with E-state index in [0.29, 0.717) is 18.6 Å². The lowest BCUT2D eigenvalue weighted by Gasteiger charge is -2.20. The number of thioether (sulfide) groups is 1. The first kappa shape index (κ1) is 30.7. The van der Waals surface area contributed by atoms with E-state index in [9.17, 15) is 14.7 Å². The number of carboxylic acid groups (broad SMARTS) is 1. The molecule has 0 aliphatic carbocycles. The zero-order chi connectivity index (χ0) is 29.2. The van der Waals surface area contributed by atoms with E-state index in [0.717, 1.165) is 78.0 Å². The molecule has 1 aliphatic rings. The van der Waals surface area contributed by atoms with E-state index in [4.69, 9.17) is 9.47 Å². The predicted molar refractivity (Wildman–Crippen MR) is 166 cm³/mol. The number of fused-ring (bicyclic) bond motifs is 1. The number of benzene rings is 3. The maximum atomic E-state index is 13.4. The van der Waals surface area contributed by atoms with Crippen LogP contribution in [0.3, 0.4) is 0 Å². The average Bonchev–Trinajstić information content (AvgIpc) is 3.45. The van der Waals surface area contributed by atoms with E-state index in [2.05, 4.69) is 30.4 Å². The Labute approximate surface area is 247 Å². The van der Waals surface area contributed by atoms with Gasteiger partial charge in [-0.05, 0) is 89.8 Å². The van der Waals surface area contributed by atoms with E-state index in [1.807, 2.05) is 49.6 Å². The van der Waals surface area contributed by atoms with Gasteiger partial charge in [-0.15, -0.1) is 0 Å². The van der Waals surface area contributed by atoms with Crippen LogP contribution in [-0.2, 0) is 22.6 Å². The molecule has 0 radical (unpaired) electrons. The van der Waals surface area contributed by atoms with Crippen LogP contribution < -0.4 is 10.1 Å². The number of unbranched alkanes of at least 4 members (excludes halogenated alkanes) is 1. The van der Waals surface area contributed by atoms with Crippen molar-refractivity contribution in [1.29, 1.82) is 0 Å². The molecule has 1 heterocycles. The quantitative estimate of drug-likeness (QED) is 0.184. The number of carbonyl (C=O) groups excluding carboxylic acids is 1. The number of nitrogens with one attached hydrogen (secondary N) is 1. The molecule has 218 valence electrons. The Kier molecular flexibility index (Phi) is 11.3. The summed E-state index contributed by atoms with van der Waals surface area (Å²) in [7, 11) is 0. The topological polar surface area (TPSA) is 84.9 Å². The van der Waals surface area contributed by atoms with Gasteiger partial charge in [-0.25, -0.2) is 4.79 Å². The van der Waals surface area contributed by atoms with Gasteiger partial charge in [0, 0.05) is 12.0 Å². The van der Waals surface area contributed by atoms with Crippen molar-refractivity contribution >= 4 is 23.6 Å². The fourth-order valence-electron chi connectivity index (χ4n) is 5.22. The lowest BCUT2D eigenvalue weighted by molar-refractivity contribution is -0.139. The lowest BCUT2D eigenvalue weighted by atomic mass is 9.93. The van der Waals surface area contributed by atoms with Crippen LogP contribution in [0.25, 0.3) is 11.1 Å².